The molecule has 1 atom stereocenters. The van der Waals surface area contributed by atoms with Crippen LogP contribution in [-0.4, -0.2) is 64.5 Å². The van der Waals surface area contributed by atoms with E-state index in [2.05, 4.69) is 25.5 Å². The number of rotatable bonds is 8. The number of hydrogen-bond acceptors (Lipinski definition) is 10. The second-order valence-corrected chi connectivity index (χ2v) is 9.74. The van der Waals surface area contributed by atoms with E-state index in [9.17, 15) is 14.4 Å². The Morgan fingerprint density at radius 3 is 2.77 bits per heavy atom. The van der Waals surface area contributed by atoms with Crippen molar-refractivity contribution in [2.45, 2.75) is 19.3 Å². The van der Waals surface area contributed by atoms with Gasteiger partial charge in [-0.1, -0.05) is 6.07 Å². The average molecular weight is 542 g/mol. The Bertz CT molecular complexity index is 1650. The van der Waals surface area contributed by atoms with Crippen LogP contribution in [0.3, 0.4) is 0 Å². The molecule has 3 aromatic heterocycles. The maximum Gasteiger partial charge on any atom is 0.258 e. The summed E-state index contributed by atoms with van der Waals surface area (Å²) in [6.45, 7) is 1.27. The summed E-state index contributed by atoms with van der Waals surface area (Å²) in [5.74, 6) is 1.21. The van der Waals surface area contributed by atoms with E-state index in [0.717, 1.165) is 24.9 Å². The average Bonchev–Trinajstić information content (AvgIpc) is 3.56. The summed E-state index contributed by atoms with van der Waals surface area (Å²) >= 11 is 0. The van der Waals surface area contributed by atoms with Crippen molar-refractivity contribution in [3.8, 4) is 11.6 Å². The maximum absolute atomic E-state index is 13.3. The zero-order chi connectivity index (χ0) is 27.8. The number of Topliss-reactive ketones (excluding diaryl/α,β-unsaturated/α-hetero) is 1. The monoisotopic (exact) mass is 541 g/mol. The Morgan fingerprint density at radius 1 is 1.10 bits per heavy atom. The first kappa shape index (κ1) is 25.3. The zero-order valence-corrected chi connectivity index (χ0v) is 22.0. The molecule has 0 bridgehead atoms. The van der Waals surface area contributed by atoms with Gasteiger partial charge in [0.05, 0.1) is 31.0 Å². The number of amides is 2. The highest BCUT2D eigenvalue weighted by molar-refractivity contribution is 6.21. The van der Waals surface area contributed by atoms with Crippen molar-refractivity contribution < 1.29 is 23.9 Å². The number of imidazole rings is 1. The van der Waals surface area contributed by atoms with E-state index in [0.29, 0.717) is 52.3 Å². The zero-order valence-electron chi connectivity index (χ0n) is 22.0. The molecule has 1 aromatic carbocycles. The quantitative estimate of drug-likeness (QED) is 0.320. The van der Waals surface area contributed by atoms with Crippen molar-refractivity contribution in [3.63, 3.8) is 0 Å². The summed E-state index contributed by atoms with van der Waals surface area (Å²) in [5, 5.41) is 10.3. The first-order valence-corrected chi connectivity index (χ1v) is 12.9. The molecule has 5 heterocycles. The van der Waals surface area contributed by atoms with E-state index >= 15 is 0 Å². The summed E-state index contributed by atoms with van der Waals surface area (Å²) in [7, 11) is 3.08. The summed E-state index contributed by atoms with van der Waals surface area (Å²) in [6, 6.07) is 10.5. The Kier molecular flexibility index (Phi) is 6.50. The fourth-order valence-corrected chi connectivity index (χ4v) is 5.21. The molecule has 1 fully saturated rings. The van der Waals surface area contributed by atoms with Crippen molar-refractivity contribution in [2.75, 3.05) is 37.5 Å². The number of ketones is 1. The number of nitrogens with zero attached hydrogens (tertiary/aromatic N) is 5. The predicted molar refractivity (Wildman–Crippen MR) is 145 cm³/mol. The van der Waals surface area contributed by atoms with Crippen molar-refractivity contribution >= 4 is 40.6 Å². The molecule has 1 unspecified atom stereocenters. The molecule has 6 rings (SSSR count). The van der Waals surface area contributed by atoms with Gasteiger partial charge in [-0.3, -0.25) is 19.7 Å². The van der Waals surface area contributed by atoms with Crippen molar-refractivity contribution in [1.82, 2.24) is 24.9 Å². The molecule has 4 aromatic rings. The number of aromatic nitrogens is 4. The Labute approximate surface area is 229 Å². The van der Waals surface area contributed by atoms with Crippen LogP contribution in [0.5, 0.6) is 11.6 Å². The van der Waals surface area contributed by atoms with Gasteiger partial charge in [0, 0.05) is 43.9 Å². The molecule has 12 heteroatoms. The largest absolute Gasteiger partial charge is 0.491 e. The Morgan fingerprint density at radius 2 is 1.95 bits per heavy atom. The molecule has 2 N–H and O–H groups in total. The van der Waals surface area contributed by atoms with Gasteiger partial charge < -0.3 is 19.7 Å². The third kappa shape index (κ3) is 4.68. The van der Waals surface area contributed by atoms with Gasteiger partial charge in [-0.2, -0.15) is 4.98 Å². The molecule has 12 nitrogen and oxygen atoms in total. The van der Waals surface area contributed by atoms with Gasteiger partial charge in [0.15, 0.2) is 17.2 Å². The Balaban J connectivity index is 1.21. The second kappa shape index (κ2) is 10.3. The normalized spacial score (nSPS) is 16.6. The summed E-state index contributed by atoms with van der Waals surface area (Å²) in [6.07, 6.45) is 5.24. The third-order valence-electron chi connectivity index (χ3n) is 7.23. The van der Waals surface area contributed by atoms with E-state index in [1.165, 1.54) is 7.11 Å². The summed E-state index contributed by atoms with van der Waals surface area (Å²) in [4.78, 5) is 48.2. The highest BCUT2D eigenvalue weighted by Gasteiger charge is 2.30. The van der Waals surface area contributed by atoms with Crippen LogP contribution in [0.25, 0.3) is 5.65 Å². The van der Waals surface area contributed by atoms with Gasteiger partial charge in [-0.25, -0.2) is 9.50 Å². The van der Waals surface area contributed by atoms with Crippen LogP contribution in [0, 0.1) is 5.92 Å². The van der Waals surface area contributed by atoms with Crippen LogP contribution in [0.4, 0.5) is 17.3 Å². The van der Waals surface area contributed by atoms with E-state index in [4.69, 9.17) is 14.6 Å². The molecular weight excluding hydrogens is 514 g/mol. The van der Waals surface area contributed by atoms with Crippen LogP contribution < -0.4 is 25.0 Å². The third-order valence-corrected chi connectivity index (χ3v) is 7.23. The number of anilines is 3. The number of hydrogen-bond donors (Lipinski definition) is 2. The molecule has 204 valence electrons. The smallest absolute Gasteiger partial charge is 0.258 e. The minimum atomic E-state index is -0.424. The van der Waals surface area contributed by atoms with Gasteiger partial charge in [0.1, 0.15) is 11.6 Å². The van der Waals surface area contributed by atoms with Gasteiger partial charge in [0.25, 0.3) is 17.7 Å². The molecule has 0 spiro atoms. The van der Waals surface area contributed by atoms with Gasteiger partial charge in [-0.15, -0.1) is 5.10 Å². The van der Waals surface area contributed by atoms with E-state index in [1.54, 1.807) is 54.4 Å². The standard InChI is InChI=1S/C28H27N7O5/c1-39-22-7-8-23(31-28(22)40-2)30-20-14-24(33-35-11-9-29-25(20)35)34-10-3-4-17(15-34)21(36)13-16-5-6-18-19(12-16)27(38)32-26(18)37/h5-9,11-12,14,17H,3-4,10,13,15H2,1-2H3,(H,30,31)(H,32,37,38). The molecule has 2 aliphatic heterocycles. The van der Waals surface area contributed by atoms with Crippen molar-refractivity contribution in [2.24, 2.45) is 5.92 Å². The number of fused-ring (bicyclic) bond motifs is 2. The van der Waals surface area contributed by atoms with E-state index < -0.39 is 11.8 Å². The molecule has 2 aliphatic rings. The molecule has 1 saturated heterocycles. The van der Waals surface area contributed by atoms with Crippen LogP contribution in [-0.2, 0) is 11.2 Å². The summed E-state index contributed by atoms with van der Waals surface area (Å²) < 4.78 is 12.3. The highest BCUT2D eigenvalue weighted by atomic mass is 16.5. The fourth-order valence-electron chi connectivity index (χ4n) is 5.21. The second-order valence-electron chi connectivity index (χ2n) is 9.74. The topological polar surface area (TPSA) is 140 Å². The first-order valence-electron chi connectivity index (χ1n) is 12.9. The number of ether oxygens (including phenoxy) is 2. The number of imide groups is 1. The Hall–Kier alpha value is -5.00. The lowest BCUT2D eigenvalue weighted by molar-refractivity contribution is -0.122. The predicted octanol–water partition coefficient (Wildman–Crippen LogP) is 2.80. The lowest BCUT2D eigenvalue weighted by Gasteiger charge is -2.33. The molecule has 40 heavy (non-hydrogen) atoms. The number of carbonyl (C=O) groups is 3. The number of nitrogens with one attached hydrogen (secondary N) is 2. The number of benzene rings is 1. The van der Waals surface area contributed by atoms with Crippen LogP contribution >= 0.6 is 0 Å². The van der Waals surface area contributed by atoms with Crippen LogP contribution in [0.1, 0.15) is 39.1 Å². The molecule has 0 aliphatic carbocycles. The highest BCUT2D eigenvalue weighted by Crippen LogP contribution is 2.31. The first-order chi connectivity index (χ1) is 19.4. The SMILES string of the molecule is COc1ccc(Nc2cc(N3CCCC(C(=O)Cc4ccc5c(c4)C(=O)NC5=O)C3)nn3ccnc23)nc1OC. The van der Waals surface area contributed by atoms with Gasteiger partial charge >= 0.3 is 0 Å². The van der Waals surface area contributed by atoms with Crippen LogP contribution in [0.2, 0.25) is 0 Å². The molecule has 2 amide bonds. The minimum Gasteiger partial charge on any atom is -0.491 e. The van der Waals surface area contributed by atoms with E-state index in [-0.39, 0.29) is 18.1 Å². The van der Waals surface area contributed by atoms with Crippen LogP contribution in [0.15, 0.2) is 48.8 Å². The fraction of sp³-hybridized carbons (Fsp3) is 0.286. The van der Waals surface area contributed by atoms with Gasteiger partial charge in [-0.05, 0) is 42.7 Å². The van der Waals surface area contributed by atoms with E-state index in [1.807, 2.05) is 6.07 Å². The van der Waals surface area contributed by atoms with Crippen molar-refractivity contribution in [3.05, 3.63) is 65.5 Å². The van der Waals surface area contributed by atoms with Gasteiger partial charge in [0.2, 0.25) is 0 Å². The lowest BCUT2D eigenvalue weighted by Crippen LogP contribution is -2.40. The molecular formula is C28H27N7O5. The number of methoxy groups -OCH3 is 2. The molecule has 0 saturated carbocycles. The number of pyridine rings is 1. The summed E-state index contributed by atoms with van der Waals surface area (Å²) in [5.41, 5.74) is 2.72. The minimum absolute atomic E-state index is 0.0889. The number of carbonyl (C=O) groups excluding carboxylic acids is 3. The van der Waals surface area contributed by atoms with Crippen molar-refractivity contribution in [1.29, 1.82) is 0 Å². The molecule has 0 radical (unpaired) electrons. The maximum atomic E-state index is 13.3. The number of piperidine rings is 1. The lowest BCUT2D eigenvalue weighted by atomic mass is 9.89.